The number of Topliss-reactive ketones (excluding diaryl/α,β-unsaturated/α-hetero) is 1. The maximum atomic E-state index is 12.0. The van der Waals surface area contributed by atoms with Crippen LogP contribution < -0.4 is 0 Å². The molecule has 1 fully saturated rings. The molecule has 0 unspecified atom stereocenters. The van der Waals surface area contributed by atoms with E-state index in [1.165, 1.54) is 5.57 Å². The first-order valence-corrected chi connectivity index (χ1v) is 5.69. The van der Waals surface area contributed by atoms with Gasteiger partial charge < -0.3 is 0 Å². The van der Waals surface area contributed by atoms with Gasteiger partial charge in [-0.05, 0) is 39.5 Å². The fourth-order valence-electron chi connectivity index (χ4n) is 1.81. The summed E-state index contributed by atoms with van der Waals surface area (Å²) in [6, 6.07) is 0. The molecule has 0 aliphatic heterocycles. The lowest BCUT2D eigenvalue weighted by Crippen LogP contribution is -2.22. The Morgan fingerprint density at radius 3 is 2.36 bits per heavy atom. The molecule has 0 heterocycles. The summed E-state index contributed by atoms with van der Waals surface area (Å²) in [5.74, 6) is 0.751. The Morgan fingerprint density at radius 2 is 2.00 bits per heavy atom. The zero-order chi connectivity index (χ0) is 10.8. The Bertz CT molecular complexity index is 242. The molecule has 1 nitrogen and oxygen atoms in total. The monoisotopic (exact) mass is 194 g/mol. The Kier molecular flexibility index (Phi) is 3.52. The fourth-order valence-corrected chi connectivity index (χ4v) is 1.81. The Hall–Kier alpha value is -0.590. The second-order valence-corrected chi connectivity index (χ2v) is 4.94. The third kappa shape index (κ3) is 2.46. The van der Waals surface area contributed by atoms with Gasteiger partial charge >= 0.3 is 0 Å². The Labute approximate surface area is 87.6 Å². The van der Waals surface area contributed by atoms with Crippen molar-refractivity contribution in [1.29, 1.82) is 0 Å². The van der Waals surface area contributed by atoms with Crippen LogP contribution in [0.3, 0.4) is 0 Å². The molecule has 0 aromatic rings. The number of ketones is 1. The fraction of sp³-hybridized carbons (Fsp3) is 0.769. The second kappa shape index (κ2) is 4.29. The van der Waals surface area contributed by atoms with Gasteiger partial charge in [-0.3, -0.25) is 4.79 Å². The predicted molar refractivity (Wildman–Crippen MR) is 60.2 cm³/mol. The zero-order valence-corrected chi connectivity index (χ0v) is 9.89. The van der Waals surface area contributed by atoms with Crippen molar-refractivity contribution < 1.29 is 4.79 Å². The first-order chi connectivity index (χ1) is 6.52. The molecule has 1 atom stereocenters. The van der Waals surface area contributed by atoms with Crippen LogP contribution in [-0.4, -0.2) is 5.78 Å². The SMILES string of the molecule is CC[C@@H](C)C(=O)C1(CC=C(C)C)CC1. The van der Waals surface area contributed by atoms with E-state index in [4.69, 9.17) is 0 Å². The van der Waals surface area contributed by atoms with Crippen molar-refractivity contribution in [3.63, 3.8) is 0 Å². The lowest BCUT2D eigenvalue weighted by Gasteiger charge is -2.16. The molecule has 80 valence electrons. The number of allylic oxidation sites excluding steroid dienone is 2. The van der Waals surface area contributed by atoms with Crippen molar-refractivity contribution in [2.75, 3.05) is 0 Å². The van der Waals surface area contributed by atoms with Gasteiger partial charge in [0, 0.05) is 11.3 Å². The lowest BCUT2D eigenvalue weighted by atomic mass is 9.87. The summed E-state index contributed by atoms with van der Waals surface area (Å²) in [5, 5.41) is 0. The molecule has 1 heteroatoms. The highest BCUT2D eigenvalue weighted by Crippen LogP contribution is 2.51. The van der Waals surface area contributed by atoms with Crippen LogP contribution in [0.15, 0.2) is 11.6 Å². The summed E-state index contributed by atoms with van der Waals surface area (Å²) in [6.07, 6.45) is 6.39. The van der Waals surface area contributed by atoms with Crippen LogP contribution in [0.1, 0.15) is 53.4 Å². The van der Waals surface area contributed by atoms with E-state index in [0.717, 1.165) is 25.7 Å². The number of hydrogen-bond acceptors (Lipinski definition) is 1. The van der Waals surface area contributed by atoms with Gasteiger partial charge in [-0.2, -0.15) is 0 Å². The normalized spacial score (nSPS) is 20.0. The summed E-state index contributed by atoms with van der Waals surface area (Å²) in [6.45, 7) is 8.36. The van der Waals surface area contributed by atoms with Crippen LogP contribution >= 0.6 is 0 Å². The van der Waals surface area contributed by atoms with Gasteiger partial charge in [0.2, 0.25) is 0 Å². The Morgan fingerprint density at radius 1 is 1.43 bits per heavy atom. The summed E-state index contributed by atoms with van der Waals surface area (Å²) < 4.78 is 0. The van der Waals surface area contributed by atoms with Crippen LogP contribution in [0.2, 0.25) is 0 Å². The van der Waals surface area contributed by atoms with Gasteiger partial charge in [0.05, 0.1) is 0 Å². The third-order valence-corrected chi connectivity index (χ3v) is 3.34. The summed E-state index contributed by atoms with van der Waals surface area (Å²) in [7, 11) is 0. The maximum Gasteiger partial charge on any atom is 0.142 e. The van der Waals surface area contributed by atoms with Crippen molar-refractivity contribution in [3.05, 3.63) is 11.6 Å². The molecule has 1 aliphatic rings. The molecule has 0 spiro atoms. The molecule has 14 heavy (non-hydrogen) atoms. The number of hydrogen-bond donors (Lipinski definition) is 0. The largest absolute Gasteiger partial charge is 0.299 e. The van der Waals surface area contributed by atoms with E-state index >= 15 is 0 Å². The summed E-state index contributed by atoms with van der Waals surface area (Å²) in [5.41, 5.74) is 1.38. The predicted octanol–water partition coefficient (Wildman–Crippen LogP) is 3.74. The maximum absolute atomic E-state index is 12.0. The Balaban J connectivity index is 2.58. The average Bonchev–Trinajstić information content (AvgIpc) is 2.93. The number of carbonyl (C=O) groups excluding carboxylic acids is 1. The molecule has 1 rings (SSSR count). The molecule has 0 aromatic heterocycles. The first-order valence-electron chi connectivity index (χ1n) is 5.69. The van der Waals surface area contributed by atoms with E-state index in [9.17, 15) is 4.79 Å². The molecule has 0 amide bonds. The van der Waals surface area contributed by atoms with Gasteiger partial charge in [0.15, 0.2) is 0 Å². The molecule has 0 bridgehead atoms. The molecule has 0 aromatic carbocycles. The van der Waals surface area contributed by atoms with Crippen molar-refractivity contribution in [1.82, 2.24) is 0 Å². The minimum Gasteiger partial charge on any atom is -0.299 e. The summed E-state index contributed by atoms with van der Waals surface area (Å²) >= 11 is 0. The quantitative estimate of drug-likeness (QED) is 0.609. The summed E-state index contributed by atoms with van der Waals surface area (Å²) in [4.78, 5) is 12.0. The second-order valence-electron chi connectivity index (χ2n) is 4.94. The van der Waals surface area contributed by atoms with Crippen LogP contribution in [0.4, 0.5) is 0 Å². The standard InChI is InChI=1S/C13H22O/c1-5-11(4)12(14)13(8-9-13)7-6-10(2)3/h6,11H,5,7-9H2,1-4H3/t11-/m1/s1. The van der Waals surface area contributed by atoms with E-state index in [-0.39, 0.29) is 11.3 Å². The van der Waals surface area contributed by atoms with Gasteiger partial charge in [-0.25, -0.2) is 0 Å². The molecule has 0 N–H and O–H groups in total. The zero-order valence-electron chi connectivity index (χ0n) is 9.89. The average molecular weight is 194 g/mol. The minimum absolute atomic E-state index is 0.0483. The third-order valence-electron chi connectivity index (χ3n) is 3.34. The van der Waals surface area contributed by atoms with Crippen molar-refractivity contribution in [3.8, 4) is 0 Å². The lowest BCUT2D eigenvalue weighted by molar-refractivity contribution is -0.127. The highest BCUT2D eigenvalue weighted by Gasteiger charge is 2.49. The van der Waals surface area contributed by atoms with Gasteiger partial charge in [0.25, 0.3) is 0 Å². The van der Waals surface area contributed by atoms with Gasteiger partial charge in [0.1, 0.15) is 5.78 Å². The van der Waals surface area contributed by atoms with Crippen LogP contribution in [0.5, 0.6) is 0 Å². The van der Waals surface area contributed by atoms with E-state index in [0.29, 0.717) is 5.78 Å². The van der Waals surface area contributed by atoms with E-state index in [2.05, 4.69) is 33.8 Å². The van der Waals surface area contributed by atoms with E-state index < -0.39 is 0 Å². The smallest absolute Gasteiger partial charge is 0.142 e. The van der Waals surface area contributed by atoms with Crippen LogP contribution in [-0.2, 0) is 4.79 Å². The van der Waals surface area contributed by atoms with E-state index in [1.54, 1.807) is 0 Å². The number of carbonyl (C=O) groups is 1. The molecule has 1 aliphatic carbocycles. The van der Waals surface area contributed by atoms with Gasteiger partial charge in [-0.1, -0.05) is 25.5 Å². The van der Waals surface area contributed by atoms with Crippen molar-refractivity contribution in [2.45, 2.75) is 53.4 Å². The van der Waals surface area contributed by atoms with Crippen LogP contribution in [0.25, 0.3) is 0 Å². The molecule has 1 saturated carbocycles. The van der Waals surface area contributed by atoms with E-state index in [1.807, 2.05) is 0 Å². The van der Waals surface area contributed by atoms with Crippen molar-refractivity contribution in [2.24, 2.45) is 11.3 Å². The molecular formula is C13H22O. The number of rotatable bonds is 5. The first kappa shape index (κ1) is 11.5. The highest BCUT2D eigenvalue weighted by molar-refractivity contribution is 5.89. The molecule has 0 saturated heterocycles. The topological polar surface area (TPSA) is 17.1 Å². The molecular weight excluding hydrogens is 172 g/mol. The van der Waals surface area contributed by atoms with Gasteiger partial charge in [-0.15, -0.1) is 0 Å². The highest BCUT2D eigenvalue weighted by atomic mass is 16.1. The molecule has 0 radical (unpaired) electrons. The minimum atomic E-state index is 0.0483. The van der Waals surface area contributed by atoms with Crippen molar-refractivity contribution >= 4 is 5.78 Å². The van der Waals surface area contributed by atoms with Crippen LogP contribution in [0, 0.1) is 11.3 Å².